The van der Waals surface area contributed by atoms with Crippen LogP contribution in [-0.4, -0.2) is 37.5 Å². The number of carbonyl (C=O) groups is 2. The van der Waals surface area contributed by atoms with Crippen LogP contribution in [0.4, 0.5) is 5.69 Å². The molecule has 0 saturated heterocycles. The second-order valence-corrected chi connectivity index (χ2v) is 7.60. The van der Waals surface area contributed by atoms with Crippen LogP contribution in [-0.2, 0) is 22.6 Å². The molecule has 2 aromatic rings. The number of hydrogen-bond donors (Lipinski definition) is 1. The Balaban J connectivity index is 1.78. The summed E-state index contributed by atoms with van der Waals surface area (Å²) in [5, 5.41) is 2.85. The molecule has 154 valence electrons. The van der Waals surface area contributed by atoms with E-state index in [2.05, 4.69) is 19.2 Å². The van der Waals surface area contributed by atoms with Crippen LogP contribution in [0.1, 0.15) is 42.0 Å². The van der Waals surface area contributed by atoms with Crippen LogP contribution in [0.25, 0.3) is 0 Å². The zero-order chi connectivity index (χ0) is 21.1. The van der Waals surface area contributed by atoms with Gasteiger partial charge in [0.25, 0.3) is 0 Å². The Morgan fingerprint density at radius 2 is 1.72 bits per heavy atom. The van der Waals surface area contributed by atoms with E-state index in [4.69, 9.17) is 9.47 Å². The fourth-order valence-electron chi connectivity index (χ4n) is 3.71. The summed E-state index contributed by atoms with van der Waals surface area (Å²) in [6.45, 7) is 6.92. The number of aryl methyl sites for hydroxylation is 1. The van der Waals surface area contributed by atoms with Crippen molar-refractivity contribution in [2.24, 2.45) is 0 Å². The van der Waals surface area contributed by atoms with E-state index in [1.54, 1.807) is 19.1 Å². The largest absolute Gasteiger partial charge is 0.493 e. The van der Waals surface area contributed by atoms with Crippen molar-refractivity contribution in [1.29, 1.82) is 0 Å². The van der Waals surface area contributed by atoms with Crippen molar-refractivity contribution in [1.82, 2.24) is 4.90 Å². The minimum atomic E-state index is -0.606. The third kappa shape index (κ3) is 4.21. The lowest BCUT2D eigenvalue weighted by molar-refractivity contribution is -0.143. The fraction of sp³-hybridized carbons (Fsp3) is 0.391. The van der Waals surface area contributed by atoms with E-state index in [1.165, 1.54) is 0 Å². The Hall–Kier alpha value is -3.02. The molecular weight excluding hydrogens is 368 g/mol. The van der Waals surface area contributed by atoms with Crippen LogP contribution >= 0.6 is 0 Å². The minimum absolute atomic E-state index is 0.240. The monoisotopic (exact) mass is 396 g/mol. The van der Waals surface area contributed by atoms with Gasteiger partial charge in [0.2, 0.25) is 0 Å². The molecule has 29 heavy (non-hydrogen) atoms. The maximum Gasteiger partial charge on any atom is 0.313 e. The molecule has 1 heterocycles. The lowest BCUT2D eigenvalue weighted by Crippen LogP contribution is -2.42. The number of nitrogens with one attached hydrogen (secondary N) is 1. The van der Waals surface area contributed by atoms with Gasteiger partial charge >= 0.3 is 11.8 Å². The molecule has 2 aromatic carbocycles. The number of para-hydroxylation sites is 1. The Morgan fingerprint density at radius 3 is 2.34 bits per heavy atom. The number of nitrogens with zero attached hydrogens (tertiary/aromatic N) is 1. The first kappa shape index (κ1) is 20.7. The predicted octanol–water partition coefficient (Wildman–Crippen LogP) is 3.66. The molecule has 0 atom stereocenters. The van der Waals surface area contributed by atoms with Crippen molar-refractivity contribution in [3.8, 4) is 11.5 Å². The summed E-state index contributed by atoms with van der Waals surface area (Å²) < 4.78 is 10.7. The lowest BCUT2D eigenvalue weighted by Gasteiger charge is -2.29. The number of hydrogen-bond acceptors (Lipinski definition) is 4. The molecule has 1 N–H and O–H groups in total. The smallest absolute Gasteiger partial charge is 0.313 e. The quantitative estimate of drug-likeness (QED) is 0.801. The summed E-state index contributed by atoms with van der Waals surface area (Å²) in [6.07, 6.45) is 0.663. The molecule has 6 heteroatoms. The van der Waals surface area contributed by atoms with Crippen LogP contribution < -0.4 is 14.8 Å². The third-order valence-electron chi connectivity index (χ3n) is 5.37. The number of methoxy groups -OCH3 is 2. The molecule has 6 nitrogen and oxygen atoms in total. The average molecular weight is 396 g/mol. The van der Waals surface area contributed by atoms with Crippen molar-refractivity contribution in [3.05, 3.63) is 52.6 Å². The standard InChI is InChI=1S/C23H28N2O4/c1-14(2)18-8-6-7-15(3)21(18)24-22(26)23(27)25-10-9-16-11-19(28-4)20(29-5)12-17(16)13-25/h6-8,11-12,14H,9-10,13H2,1-5H3,(H,24,26). The van der Waals surface area contributed by atoms with Gasteiger partial charge in [-0.25, -0.2) is 0 Å². The zero-order valence-electron chi connectivity index (χ0n) is 17.7. The SMILES string of the molecule is COc1cc2c(cc1OC)CN(C(=O)C(=O)Nc1c(C)cccc1C(C)C)CC2. The van der Waals surface area contributed by atoms with E-state index in [0.717, 1.165) is 27.9 Å². The maximum atomic E-state index is 12.8. The molecular formula is C23H28N2O4. The van der Waals surface area contributed by atoms with Crippen LogP contribution in [0.15, 0.2) is 30.3 Å². The molecule has 0 fully saturated rings. The van der Waals surface area contributed by atoms with Crippen LogP contribution in [0.3, 0.4) is 0 Å². The highest BCUT2D eigenvalue weighted by Crippen LogP contribution is 2.33. The molecule has 3 rings (SSSR count). The van der Waals surface area contributed by atoms with Crippen LogP contribution in [0.5, 0.6) is 11.5 Å². The van der Waals surface area contributed by atoms with Gasteiger partial charge in [-0.1, -0.05) is 32.0 Å². The fourth-order valence-corrected chi connectivity index (χ4v) is 3.71. The average Bonchev–Trinajstić information content (AvgIpc) is 2.72. The van der Waals surface area contributed by atoms with E-state index in [-0.39, 0.29) is 5.92 Å². The third-order valence-corrected chi connectivity index (χ3v) is 5.37. The molecule has 2 amide bonds. The zero-order valence-corrected chi connectivity index (χ0v) is 17.7. The Kier molecular flexibility index (Phi) is 6.11. The van der Waals surface area contributed by atoms with E-state index < -0.39 is 11.8 Å². The Labute approximate surface area is 171 Å². The minimum Gasteiger partial charge on any atom is -0.493 e. The predicted molar refractivity (Wildman–Crippen MR) is 113 cm³/mol. The van der Waals surface area contributed by atoms with Crippen molar-refractivity contribution in [2.75, 3.05) is 26.1 Å². The number of fused-ring (bicyclic) bond motifs is 1. The highest BCUT2D eigenvalue weighted by atomic mass is 16.5. The van der Waals surface area contributed by atoms with Gasteiger partial charge < -0.3 is 19.7 Å². The van der Waals surface area contributed by atoms with Gasteiger partial charge in [-0.3, -0.25) is 9.59 Å². The number of carbonyl (C=O) groups excluding carboxylic acids is 2. The molecule has 0 aromatic heterocycles. The topological polar surface area (TPSA) is 67.9 Å². The molecule has 1 aliphatic rings. The summed E-state index contributed by atoms with van der Waals surface area (Å²) in [6, 6.07) is 9.70. The maximum absolute atomic E-state index is 12.8. The van der Waals surface area contributed by atoms with Gasteiger partial charge in [-0.2, -0.15) is 0 Å². The highest BCUT2D eigenvalue weighted by molar-refractivity contribution is 6.39. The first-order valence-electron chi connectivity index (χ1n) is 9.79. The van der Waals surface area contributed by atoms with Crippen molar-refractivity contribution >= 4 is 17.5 Å². The van der Waals surface area contributed by atoms with E-state index in [0.29, 0.717) is 31.0 Å². The van der Waals surface area contributed by atoms with Crippen LogP contribution in [0, 0.1) is 6.92 Å². The summed E-state index contributed by atoms with van der Waals surface area (Å²) in [7, 11) is 3.18. The van der Waals surface area contributed by atoms with Gasteiger partial charge in [-0.15, -0.1) is 0 Å². The van der Waals surface area contributed by atoms with Crippen molar-refractivity contribution in [2.45, 2.75) is 39.7 Å². The normalized spacial score (nSPS) is 13.1. The summed E-state index contributed by atoms with van der Waals surface area (Å²) in [4.78, 5) is 27.1. The second-order valence-electron chi connectivity index (χ2n) is 7.60. The first-order chi connectivity index (χ1) is 13.8. The van der Waals surface area contributed by atoms with Gasteiger partial charge in [-0.05, 0) is 53.6 Å². The van der Waals surface area contributed by atoms with Crippen molar-refractivity contribution in [3.63, 3.8) is 0 Å². The van der Waals surface area contributed by atoms with Gasteiger partial charge in [0, 0.05) is 18.8 Å². The molecule has 0 unspecified atom stereocenters. The number of ether oxygens (including phenoxy) is 2. The number of anilines is 1. The summed E-state index contributed by atoms with van der Waals surface area (Å²) in [5.41, 5.74) is 4.76. The summed E-state index contributed by atoms with van der Waals surface area (Å²) >= 11 is 0. The molecule has 1 aliphatic heterocycles. The molecule has 0 bridgehead atoms. The lowest BCUT2D eigenvalue weighted by atomic mass is 9.97. The Bertz CT molecular complexity index is 937. The highest BCUT2D eigenvalue weighted by Gasteiger charge is 2.28. The van der Waals surface area contributed by atoms with E-state index in [1.807, 2.05) is 37.3 Å². The van der Waals surface area contributed by atoms with E-state index in [9.17, 15) is 9.59 Å². The van der Waals surface area contributed by atoms with Gasteiger partial charge in [0.15, 0.2) is 11.5 Å². The Morgan fingerprint density at radius 1 is 1.07 bits per heavy atom. The van der Waals surface area contributed by atoms with Crippen LogP contribution in [0.2, 0.25) is 0 Å². The number of amides is 2. The first-order valence-corrected chi connectivity index (χ1v) is 9.79. The number of rotatable bonds is 4. The molecule has 0 spiro atoms. The molecule has 0 aliphatic carbocycles. The van der Waals surface area contributed by atoms with E-state index >= 15 is 0 Å². The molecule has 0 saturated carbocycles. The van der Waals surface area contributed by atoms with Gasteiger partial charge in [0.05, 0.1) is 14.2 Å². The van der Waals surface area contributed by atoms with Gasteiger partial charge in [0.1, 0.15) is 0 Å². The van der Waals surface area contributed by atoms with Crippen molar-refractivity contribution < 1.29 is 19.1 Å². The second kappa shape index (κ2) is 8.55. The number of benzene rings is 2. The molecule has 0 radical (unpaired) electrons. The summed E-state index contributed by atoms with van der Waals surface area (Å²) in [5.74, 6) is 0.397.